The van der Waals surface area contributed by atoms with Crippen LogP contribution in [-0.2, 0) is 6.54 Å². The average molecular weight is 344 g/mol. The largest absolute Gasteiger partial charge is 0.387 e. The number of benzene rings is 1. The molecular formula is C19H28N4O2. The molecule has 0 unspecified atom stereocenters. The lowest BCUT2D eigenvalue weighted by molar-refractivity contribution is 0.0351. The van der Waals surface area contributed by atoms with E-state index in [1.807, 2.05) is 30.3 Å². The molecule has 1 aromatic carbocycles. The Bertz CT molecular complexity index is 658. The molecule has 1 aliphatic heterocycles. The van der Waals surface area contributed by atoms with Gasteiger partial charge >= 0.3 is 0 Å². The van der Waals surface area contributed by atoms with Crippen molar-refractivity contribution >= 4 is 0 Å². The first-order valence-corrected chi connectivity index (χ1v) is 9.05. The number of aliphatic hydroxyl groups excluding tert-OH is 1. The van der Waals surface area contributed by atoms with Crippen molar-refractivity contribution in [1.82, 2.24) is 19.9 Å². The molecular weight excluding hydrogens is 316 g/mol. The van der Waals surface area contributed by atoms with Gasteiger partial charge in [-0.15, -0.1) is 0 Å². The molecule has 0 spiro atoms. The van der Waals surface area contributed by atoms with Crippen LogP contribution in [0.3, 0.4) is 0 Å². The number of nitrogens with zero attached hydrogens (tertiary/aromatic N) is 4. The van der Waals surface area contributed by atoms with E-state index in [1.165, 1.54) is 0 Å². The number of aromatic nitrogens is 2. The van der Waals surface area contributed by atoms with Crippen molar-refractivity contribution < 1.29 is 9.63 Å². The molecule has 3 rings (SSSR count). The van der Waals surface area contributed by atoms with Crippen LogP contribution in [-0.4, -0.2) is 57.3 Å². The third-order valence-corrected chi connectivity index (χ3v) is 4.78. The number of rotatable bonds is 6. The maximum Gasteiger partial charge on any atom is 0.229 e. The van der Waals surface area contributed by atoms with E-state index in [0.29, 0.717) is 18.5 Å². The molecule has 1 aromatic heterocycles. The van der Waals surface area contributed by atoms with Crippen molar-refractivity contribution in [3.05, 3.63) is 47.6 Å². The zero-order chi connectivity index (χ0) is 17.8. The van der Waals surface area contributed by atoms with Crippen molar-refractivity contribution in [3.63, 3.8) is 0 Å². The molecule has 6 heteroatoms. The molecule has 1 saturated heterocycles. The van der Waals surface area contributed by atoms with E-state index in [4.69, 9.17) is 4.52 Å². The third kappa shape index (κ3) is 4.66. The van der Waals surface area contributed by atoms with Gasteiger partial charge in [-0.25, -0.2) is 0 Å². The van der Waals surface area contributed by atoms with Crippen LogP contribution >= 0.6 is 0 Å². The fourth-order valence-corrected chi connectivity index (χ4v) is 3.25. The van der Waals surface area contributed by atoms with Crippen LogP contribution in [0.1, 0.15) is 50.1 Å². The highest BCUT2D eigenvalue weighted by molar-refractivity contribution is 5.17. The fraction of sp³-hybridized carbons (Fsp3) is 0.579. The van der Waals surface area contributed by atoms with Gasteiger partial charge in [0.15, 0.2) is 5.82 Å². The zero-order valence-electron chi connectivity index (χ0n) is 15.3. The molecule has 136 valence electrons. The molecule has 0 bridgehead atoms. The summed E-state index contributed by atoms with van der Waals surface area (Å²) in [6, 6.07) is 10.2. The van der Waals surface area contributed by atoms with Gasteiger partial charge < -0.3 is 9.63 Å². The van der Waals surface area contributed by atoms with E-state index in [1.54, 1.807) is 0 Å². The molecule has 6 nitrogen and oxygen atoms in total. The smallest absolute Gasteiger partial charge is 0.229 e. The molecule has 0 radical (unpaired) electrons. The van der Waals surface area contributed by atoms with Crippen molar-refractivity contribution in [2.24, 2.45) is 0 Å². The summed E-state index contributed by atoms with van der Waals surface area (Å²) in [4.78, 5) is 9.17. The summed E-state index contributed by atoms with van der Waals surface area (Å²) in [6.45, 7) is 10.5. The Hall–Kier alpha value is -1.76. The van der Waals surface area contributed by atoms with Gasteiger partial charge in [0.05, 0.1) is 12.6 Å². The van der Waals surface area contributed by atoms with Crippen LogP contribution in [0.5, 0.6) is 0 Å². The minimum atomic E-state index is -0.444. The van der Waals surface area contributed by atoms with Gasteiger partial charge in [0.25, 0.3) is 0 Å². The topological polar surface area (TPSA) is 65.6 Å². The summed E-state index contributed by atoms with van der Waals surface area (Å²) in [5.74, 6) is 1.72. The van der Waals surface area contributed by atoms with Crippen molar-refractivity contribution in [2.45, 2.75) is 45.4 Å². The Labute approximate surface area is 149 Å². The summed E-state index contributed by atoms with van der Waals surface area (Å²) in [5, 5.41) is 14.5. The SMILES string of the molecule is CC(C)c1nc(CN2CCN(C[C@@H](O)c3ccccc3)[C@@H](C)C2)no1. The zero-order valence-corrected chi connectivity index (χ0v) is 15.3. The molecule has 2 heterocycles. The molecule has 1 aliphatic rings. The highest BCUT2D eigenvalue weighted by Crippen LogP contribution is 2.19. The van der Waals surface area contributed by atoms with E-state index in [2.05, 4.69) is 40.7 Å². The molecule has 1 fully saturated rings. The number of piperazine rings is 1. The quantitative estimate of drug-likeness (QED) is 0.868. The maximum atomic E-state index is 10.5. The van der Waals surface area contributed by atoms with Crippen LogP contribution in [0.4, 0.5) is 0 Å². The maximum absolute atomic E-state index is 10.5. The second-order valence-electron chi connectivity index (χ2n) is 7.21. The van der Waals surface area contributed by atoms with Gasteiger partial charge in [0.2, 0.25) is 5.89 Å². The molecule has 0 amide bonds. The Morgan fingerprint density at radius 3 is 2.64 bits per heavy atom. The van der Waals surface area contributed by atoms with Crippen LogP contribution in [0.25, 0.3) is 0 Å². The summed E-state index contributed by atoms with van der Waals surface area (Å²) in [6.07, 6.45) is -0.444. The van der Waals surface area contributed by atoms with Gasteiger partial charge in [0, 0.05) is 38.1 Å². The van der Waals surface area contributed by atoms with Crippen molar-refractivity contribution in [2.75, 3.05) is 26.2 Å². The monoisotopic (exact) mass is 344 g/mol. The Balaban J connectivity index is 1.51. The van der Waals surface area contributed by atoms with Crippen LogP contribution in [0, 0.1) is 0 Å². The van der Waals surface area contributed by atoms with E-state index >= 15 is 0 Å². The molecule has 0 saturated carbocycles. The molecule has 25 heavy (non-hydrogen) atoms. The Morgan fingerprint density at radius 2 is 2.00 bits per heavy atom. The third-order valence-electron chi connectivity index (χ3n) is 4.78. The molecule has 1 N–H and O–H groups in total. The van der Waals surface area contributed by atoms with Gasteiger partial charge in [-0.2, -0.15) is 4.98 Å². The fourth-order valence-electron chi connectivity index (χ4n) is 3.25. The highest BCUT2D eigenvalue weighted by Gasteiger charge is 2.26. The molecule has 2 atom stereocenters. The first-order valence-electron chi connectivity index (χ1n) is 9.05. The van der Waals surface area contributed by atoms with E-state index in [9.17, 15) is 5.11 Å². The summed E-state index contributed by atoms with van der Waals surface area (Å²) in [7, 11) is 0. The second-order valence-corrected chi connectivity index (χ2v) is 7.21. The summed E-state index contributed by atoms with van der Waals surface area (Å²) in [5.41, 5.74) is 0.977. The second kappa shape index (κ2) is 8.08. The van der Waals surface area contributed by atoms with Crippen LogP contribution < -0.4 is 0 Å². The first-order chi connectivity index (χ1) is 12.0. The van der Waals surface area contributed by atoms with Gasteiger partial charge in [-0.3, -0.25) is 9.80 Å². The number of hydrogen-bond acceptors (Lipinski definition) is 6. The lowest BCUT2D eigenvalue weighted by atomic mass is 10.1. The minimum Gasteiger partial charge on any atom is -0.387 e. The van der Waals surface area contributed by atoms with E-state index in [-0.39, 0.29) is 5.92 Å². The Kier molecular flexibility index (Phi) is 5.83. The lowest BCUT2D eigenvalue weighted by Gasteiger charge is -2.40. The highest BCUT2D eigenvalue weighted by atomic mass is 16.5. The first kappa shape index (κ1) is 18.0. The van der Waals surface area contributed by atoms with Crippen LogP contribution in [0.15, 0.2) is 34.9 Å². The number of aliphatic hydroxyl groups is 1. The van der Waals surface area contributed by atoms with Crippen molar-refractivity contribution in [1.29, 1.82) is 0 Å². The molecule has 2 aromatic rings. The van der Waals surface area contributed by atoms with Gasteiger partial charge in [0.1, 0.15) is 0 Å². The predicted molar refractivity (Wildman–Crippen MR) is 96.1 cm³/mol. The Morgan fingerprint density at radius 1 is 1.24 bits per heavy atom. The minimum absolute atomic E-state index is 0.261. The average Bonchev–Trinajstić information content (AvgIpc) is 3.07. The number of hydrogen-bond donors (Lipinski definition) is 1. The lowest BCUT2D eigenvalue weighted by Crippen LogP contribution is -2.52. The van der Waals surface area contributed by atoms with Crippen LogP contribution in [0.2, 0.25) is 0 Å². The molecule has 0 aliphatic carbocycles. The normalized spacial score (nSPS) is 20.9. The summed E-state index contributed by atoms with van der Waals surface area (Å²) >= 11 is 0. The number of β-amino-alcohol motifs (C(OH)–C–C–N with tert-alkyl or cyclic N) is 1. The van der Waals surface area contributed by atoms with E-state index in [0.717, 1.165) is 37.6 Å². The summed E-state index contributed by atoms with van der Waals surface area (Å²) < 4.78 is 5.29. The van der Waals surface area contributed by atoms with Gasteiger partial charge in [-0.05, 0) is 12.5 Å². The standard InChI is InChI=1S/C19H28N4O2/c1-14(2)19-20-18(21-25-19)13-22-9-10-23(15(3)11-22)12-17(24)16-7-5-4-6-8-16/h4-8,14-15,17,24H,9-13H2,1-3H3/t15-,17+/m0/s1. The van der Waals surface area contributed by atoms with Gasteiger partial charge in [-0.1, -0.05) is 49.3 Å². The van der Waals surface area contributed by atoms with E-state index < -0.39 is 6.10 Å². The van der Waals surface area contributed by atoms with Crippen molar-refractivity contribution in [3.8, 4) is 0 Å². The predicted octanol–water partition coefficient (Wildman–Crippen LogP) is 2.43.